The van der Waals surface area contributed by atoms with Crippen LogP contribution in [0.2, 0.25) is 0 Å². The molecule has 0 aliphatic heterocycles. The number of pyridine rings is 1. The number of carbonyl (C=O) groups is 1. The fourth-order valence-electron chi connectivity index (χ4n) is 1.47. The first-order valence-corrected chi connectivity index (χ1v) is 5.68. The van der Waals surface area contributed by atoms with E-state index in [2.05, 4.69) is 10.3 Å². The van der Waals surface area contributed by atoms with Crippen LogP contribution in [-0.2, 0) is 9.53 Å². The second-order valence-electron chi connectivity index (χ2n) is 3.95. The van der Waals surface area contributed by atoms with Gasteiger partial charge in [0.1, 0.15) is 0 Å². The summed E-state index contributed by atoms with van der Waals surface area (Å²) < 4.78 is 40.9. The standard InChI is InChI=1S/C12H15F3N2O2/c1-19-8-10(9-4-2-3-7-16-9)17-11(18)5-6-12(13,14)15/h2-4,7,10H,5-6,8H2,1H3,(H,17,18)/t10-/m0/s1. The lowest BCUT2D eigenvalue weighted by molar-refractivity contribution is -0.144. The number of halogens is 3. The van der Waals surface area contributed by atoms with Gasteiger partial charge in [-0.05, 0) is 12.1 Å². The van der Waals surface area contributed by atoms with Gasteiger partial charge in [-0.15, -0.1) is 0 Å². The summed E-state index contributed by atoms with van der Waals surface area (Å²) in [4.78, 5) is 15.5. The predicted molar refractivity (Wildman–Crippen MR) is 62.3 cm³/mol. The van der Waals surface area contributed by atoms with E-state index in [4.69, 9.17) is 4.74 Å². The van der Waals surface area contributed by atoms with E-state index in [0.717, 1.165) is 0 Å². The normalized spacial score (nSPS) is 13.1. The van der Waals surface area contributed by atoms with E-state index < -0.39 is 31.0 Å². The number of aromatic nitrogens is 1. The summed E-state index contributed by atoms with van der Waals surface area (Å²) in [6.07, 6.45) is -4.53. The summed E-state index contributed by atoms with van der Waals surface area (Å²) in [5.74, 6) is -0.676. The van der Waals surface area contributed by atoms with Crippen LogP contribution in [0, 0.1) is 0 Å². The number of hydrogen-bond acceptors (Lipinski definition) is 3. The Balaban J connectivity index is 2.57. The number of amides is 1. The van der Waals surface area contributed by atoms with Crippen LogP contribution in [0.1, 0.15) is 24.6 Å². The van der Waals surface area contributed by atoms with E-state index in [1.807, 2.05) is 0 Å². The van der Waals surface area contributed by atoms with E-state index in [-0.39, 0.29) is 6.61 Å². The zero-order valence-electron chi connectivity index (χ0n) is 10.4. The van der Waals surface area contributed by atoms with Crippen molar-refractivity contribution < 1.29 is 22.7 Å². The predicted octanol–water partition coefficient (Wildman–Crippen LogP) is 2.23. The summed E-state index contributed by atoms with van der Waals surface area (Å²) in [5.41, 5.74) is 0.546. The van der Waals surface area contributed by atoms with E-state index in [0.29, 0.717) is 5.69 Å². The first-order valence-electron chi connectivity index (χ1n) is 5.68. The van der Waals surface area contributed by atoms with Crippen LogP contribution in [-0.4, -0.2) is 30.8 Å². The molecule has 1 N–H and O–H groups in total. The van der Waals surface area contributed by atoms with Crippen molar-refractivity contribution in [2.45, 2.75) is 25.1 Å². The lowest BCUT2D eigenvalue weighted by Gasteiger charge is -2.17. The quantitative estimate of drug-likeness (QED) is 0.866. The van der Waals surface area contributed by atoms with E-state index in [9.17, 15) is 18.0 Å². The molecule has 0 unspecified atom stereocenters. The molecule has 7 heteroatoms. The Morgan fingerprint density at radius 1 is 1.47 bits per heavy atom. The van der Waals surface area contributed by atoms with Gasteiger partial charge in [0, 0.05) is 19.7 Å². The molecule has 0 bridgehead atoms. The smallest absolute Gasteiger partial charge is 0.382 e. The Hall–Kier alpha value is -1.63. The highest BCUT2D eigenvalue weighted by atomic mass is 19.4. The molecular formula is C12H15F3N2O2. The topological polar surface area (TPSA) is 51.2 Å². The van der Waals surface area contributed by atoms with Crippen molar-refractivity contribution in [3.8, 4) is 0 Å². The molecule has 0 fully saturated rings. The number of nitrogens with zero attached hydrogens (tertiary/aromatic N) is 1. The van der Waals surface area contributed by atoms with Crippen LogP contribution in [0.3, 0.4) is 0 Å². The number of ether oxygens (including phenoxy) is 1. The van der Waals surface area contributed by atoms with Gasteiger partial charge in [-0.3, -0.25) is 9.78 Å². The molecule has 19 heavy (non-hydrogen) atoms. The molecule has 1 aromatic heterocycles. The number of alkyl halides is 3. The molecule has 0 aliphatic carbocycles. The molecule has 0 aromatic carbocycles. The third kappa shape index (κ3) is 6.19. The number of hydrogen-bond donors (Lipinski definition) is 1. The van der Waals surface area contributed by atoms with Crippen LogP contribution in [0.5, 0.6) is 0 Å². The Labute approximate surface area is 109 Å². The van der Waals surface area contributed by atoms with Gasteiger partial charge in [0.25, 0.3) is 0 Å². The van der Waals surface area contributed by atoms with Gasteiger partial charge >= 0.3 is 6.18 Å². The van der Waals surface area contributed by atoms with Gasteiger partial charge < -0.3 is 10.1 Å². The Bertz CT molecular complexity index is 396. The molecule has 1 heterocycles. The minimum Gasteiger partial charge on any atom is -0.382 e. The molecule has 1 amide bonds. The molecule has 4 nitrogen and oxygen atoms in total. The molecule has 1 rings (SSSR count). The summed E-state index contributed by atoms with van der Waals surface area (Å²) in [5, 5.41) is 2.48. The maximum absolute atomic E-state index is 12.0. The first-order chi connectivity index (χ1) is 8.92. The van der Waals surface area contributed by atoms with Gasteiger partial charge in [-0.25, -0.2) is 0 Å². The van der Waals surface area contributed by atoms with Crippen LogP contribution in [0.25, 0.3) is 0 Å². The molecule has 0 radical (unpaired) electrons. The number of methoxy groups -OCH3 is 1. The van der Waals surface area contributed by atoms with E-state index in [1.165, 1.54) is 7.11 Å². The molecule has 0 saturated heterocycles. The highest BCUT2D eigenvalue weighted by Crippen LogP contribution is 2.21. The number of nitrogens with one attached hydrogen (secondary N) is 1. The average molecular weight is 276 g/mol. The summed E-state index contributed by atoms with van der Waals surface area (Å²) in [7, 11) is 1.44. The Morgan fingerprint density at radius 2 is 2.21 bits per heavy atom. The van der Waals surface area contributed by atoms with E-state index >= 15 is 0 Å². The molecular weight excluding hydrogens is 261 g/mol. The molecule has 0 spiro atoms. The largest absolute Gasteiger partial charge is 0.389 e. The molecule has 1 atom stereocenters. The van der Waals surface area contributed by atoms with Crippen LogP contribution in [0.15, 0.2) is 24.4 Å². The van der Waals surface area contributed by atoms with Gasteiger partial charge in [0.05, 0.1) is 24.8 Å². The summed E-state index contributed by atoms with van der Waals surface area (Å²) in [6, 6.07) is 4.56. The van der Waals surface area contributed by atoms with Crippen LogP contribution in [0.4, 0.5) is 13.2 Å². The van der Waals surface area contributed by atoms with Gasteiger partial charge in [0.15, 0.2) is 0 Å². The SMILES string of the molecule is COC[C@H](NC(=O)CCC(F)(F)F)c1ccccn1. The third-order valence-corrected chi connectivity index (χ3v) is 2.35. The Kier molecular flexibility index (Phi) is 5.75. The van der Waals surface area contributed by atoms with Crippen molar-refractivity contribution in [1.82, 2.24) is 10.3 Å². The molecule has 1 aromatic rings. The Morgan fingerprint density at radius 3 is 2.74 bits per heavy atom. The third-order valence-electron chi connectivity index (χ3n) is 2.35. The highest BCUT2D eigenvalue weighted by Gasteiger charge is 2.28. The fraction of sp³-hybridized carbons (Fsp3) is 0.500. The first kappa shape index (κ1) is 15.4. The van der Waals surface area contributed by atoms with Gasteiger partial charge in [-0.1, -0.05) is 6.07 Å². The maximum atomic E-state index is 12.0. The number of rotatable bonds is 6. The van der Waals surface area contributed by atoms with Gasteiger partial charge in [0.2, 0.25) is 5.91 Å². The summed E-state index contributed by atoms with van der Waals surface area (Å²) in [6.45, 7) is 0.148. The lowest BCUT2D eigenvalue weighted by Crippen LogP contribution is -2.32. The monoisotopic (exact) mass is 276 g/mol. The van der Waals surface area contributed by atoms with Crippen LogP contribution < -0.4 is 5.32 Å². The second kappa shape index (κ2) is 7.08. The van der Waals surface area contributed by atoms with Crippen molar-refractivity contribution in [3.63, 3.8) is 0 Å². The van der Waals surface area contributed by atoms with Gasteiger partial charge in [-0.2, -0.15) is 13.2 Å². The molecule has 0 aliphatic rings. The zero-order chi connectivity index (χ0) is 14.3. The lowest BCUT2D eigenvalue weighted by atomic mass is 10.2. The molecule has 0 saturated carbocycles. The maximum Gasteiger partial charge on any atom is 0.389 e. The minimum absolute atomic E-state index is 0.148. The van der Waals surface area contributed by atoms with Crippen molar-refractivity contribution in [3.05, 3.63) is 30.1 Å². The molecule has 106 valence electrons. The van der Waals surface area contributed by atoms with Crippen LogP contribution >= 0.6 is 0 Å². The fourth-order valence-corrected chi connectivity index (χ4v) is 1.47. The van der Waals surface area contributed by atoms with Crippen molar-refractivity contribution in [1.29, 1.82) is 0 Å². The van der Waals surface area contributed by atoms with Crippen molar-refractivity contribution in [2.75, 3.05) is 13.7 Å². The zero-order valence-corrected chi connectivity index (χ0v) is 10.4. The van der Waals surface area contributed by atoms with Crippen molar-refractivity contribution >= 4 is 5.91 Å². The highest BCUT2D eigenvalue weighted by molar-refractivity contribution is 5.76. The van der Waals surface area contributed by atoms with Crippen molar-refractivity contribution in [2.24, 2.45) is 0 Å². The number of carbonyl (C=O) groups excluding carboxylic acids is 1. The minimum atomic E-state index is -4.33. The second-order valence-corrected chi connectivity index (χ2v) is 3.95. The van der Waals surface area contributed by atoms with E-state index in [1.54, 1.807) is 24.4 Å². The average Bonchev–Trinajstić information content (AvgIpc) is 2.36. The summed E-state index contributed by atoms with van der Waals surface area (Å²) >= 11 is 0.